The molecule has 5 aliphatic rings. The minimum absolute atomic E-state index is 0.0391. The molecule has 1 aliphatic carbocycles. The number of ether oxygens (including phenoxy) is 3. The number of hydrogen-bond donors (Lipinski definition) is 0. The summed E-state index contributed by atoms with van der Waals surface area (Å²) in [4.78, 5) is 12.0. The van der Waals surface area contributed by atoms with Crippen molar-refractivity contribution >= 4 is 15.9 Å². The lowest BCUT2D eigenvalue weighted by molar-refractivity contribution is -0.578. The van der Waals surface area contributed by atoms with E-state index in [1.54, 1.807) is 0 Å². The van der Waals surface area contributed by atoms with Gasteiger partial charge in [0, 0.05) is 22.7 Å². The Balaban J connectivity index is 1.45. The Morgan fingerprint density at radius 3 is 2.63 bits per heavy atom. The van der Waals surface area contributed by atoms with E-state index in [0.29, 0.717) is 11.8 Å². The maximum Gasteiger partial charge on any atom is 0.201 e. The lowest BCUT2D eigenvalue weighted by Crippen LogP contribution is -2.70. The summed E-state index contributed by atoms with van der Waals surface area (Å²) in [7, 11) is 0. The normalized spacial score (nSPS) is 45.8. The Kier molecular flexibility index (Phi) is 5.25. The average molecular weight is 478 g/mol. The Morgan fingerprint density at radius 2 is 1.90 bits per heavy atom. The Hall–Kier alpha value is -1.01. The van der Waals surface area contributed by atoms with Crippen LogP contribution in [0.5, 0.6) is 0 Å². The fourth-order valence-corrected chi connectivity index (χ4v) is 6.25. The quantitative estimate of drug-likeness (QED) is 0.554. The number of nitrogens with zero attached hydrogens (tertiary/aromatic N) is 1. The summed E-state index contributed by atoms with van der Waals surface area (Å²) < 4.78 is 20.0. The first-order chi connectivity index (χ1) is 14.4. The van der Waals surface area contributed by atoms with Crippen molar-refractivity contribution in [2.24, 2.45) is 23.7 Å². The molecule has 4 saturated heterocycles. The van der Waals surface area contributed by atoms with E-state index >= 15 is 0 Å². The van der Waals surface area contributed by atoms with Gasteiger partial charge in [-0.25, -0.2) is 9.78 Å². The van der Waals surface area contributed by atoms with E-state index in [2.05, 4.69) is 35.8 Å². The molecule has 4 heterocycles. The van der Waals surface area contributed by atoms with Gasteiger partial charge in [0.05, 0.1) is 6.07 Å². The van der Waals surface area contributed by atoms with E-state index in [4.69, 9.17) is 24.0 Å². The van der Waals surface area contributed by atoms with Gasteiger partial charge in [0.25, 0.3) is 0 Å². The zero-order valence-electron chi connectivity index (χ0n) is 17.5. The van der Waals surface area contributed by atoms with Crippen molar-refractivity contribution in [1.82, 2.24) is 0 Å². The molecule has 0 amide bonds. The van der Waals surface area contributed by atoms with Crippen molar-refractivity contribution in [3.63, 3.8) is 0 Å². The highest BCUT2D eigenvalue weighted by Gasteiger charge is 2.69. The first-order valence-electron chi connectivity index (χ1n) is 10.9. The molecule has 30 heavy (non-hydrogen) atoms. The average Bonchev–Trinajstić information content (AvgIpc) is 2.96. The van der Waals surface area contributed by atoms with Crippen molar-refractivity contribution in [3.8, 4) is 6.07 Å². The van der Waals surface area contributed by atoms with Crippen LogP contribution in [0.3, 0.4) is 0 Å². The van der Waals surface area contributed by atoms with Gasteiger partial charge in [0.15, 0.2) is 24.3 Å². The number of benzene rings is 1. The molecule has 0 radical (unpaired) electrons. The predicted octanol–water partition coefficient (Wildman–Crippen LogP) is 5.24. The van der Waals surface area contributed by atoms with Gasteiger partial charge in [-0.05, 0) is 55.7 Å². The van der Waals surface area contributed by atoms with Crippen LogP contribution in [0.2, 0.25) is 0 Å². The van der Waals surface area contributed by atoms with Gasteiger partial charge in [-0.15, -0.1) is 0 Å². The summed E-state index contributed by atoms with van der Waals surface area (Å²) in [5, 5.41) is 9.78. The van der Waals surface area contributed by atoms with Gasteiger partial charge in [0.2, 0.25) is 5.79 Å². The van der Waals surface area contributed by atoms with E-state index in [1.165, 1.54) is 0 Å². The van der Waals surface area contributed by atoms with Crippen LogP contribution in [0.4, 0.5) is 0 Å². The summed E-state index contributed by atoms with van der Waals surface area (Å²) in [5.41, 5.74) is 0.189. The van der Waals surface area contributed by atoms with Crippen LogP contribution in [-0.4, -0.2) is 24.0 Å². The zero-order chi connectivity index (χ0) is 21.1. The minimum Gasteiger partial charge on any atom is -0.329 e. The highest BCUT2D eigenvalue weighted by Crippen LogP contribution is 2.60. The molecule has 7 heteroatoms. The molecular formula is C23H28BrNO5. The summed E-state index contributed by atoms with van der Waals surface area (Å²) in [6, 6.07) is 9.90. The summed E-state index contributed by atoms with van der Waals surface area (Å²) in [6.45, 7) is 6.34. The molecule has 1 aromatic rings. The number of rotatable bonds is 3. The third-order valence-electron chi connectivity index (χ3n) is 7.66. The van der Waals surface area contributed by atoms with Crippen molar-refractivity contribution in [3.05, 3.63) is 34.3 Å². The maximum atomic E-state index is 9.78. The highest BCUT2D eigenvalue weighted by molar-refractivity contribution is 9.10. The van der Waals surface area contributed by atoms with Crippen molar-refractivity contribution in [2.75, 3.05) is 0 Å². The topological polar surface area (TPSA) is 69.9 Å². The van der Waals surface area contributed by atoms with Crippen LogP contribution in [0.25, 0.3) is 0 Å². The minimum atomic E-state index is -0.816. The van der Waals surface area contributed by atoms with Crippen LogP contribution < -0.4 is 0 Å². The number of fused-ring (bicyclic) bond motifs is 2. The second-order valence-corrected chi connectivity index (χ2v) is 10.4. The Labute approximate surface area is 185 Å². The molecule has 6 nitrogen and oxygen atoms in total. The van der Waals surface area contributed by atoms with Gasteiger partial charge in [-0.3, -0.25) is 0 Å². The van der Waals surface area contributed by atoms with E-state index in [0.717, 1.165) is 35.7 Å². The molecule has 6 rings (SSSR count). The summed E-state index contributed by atoms with van der Waals surface area (Å²) >= 11 is 3.44. The molecule has 1 spiro atoms. The van der Waals surface area contributed by atoms with Gasteiger partial charge < -0.3 is 14.2 Å². The molecule has 0 aromatic heterocycles. The molecule has 1 aromatic carbocycles. The molecule has 5 fully saturated rings. The summed E-state index contributed by atoms with van der Waals surface area (Å²) in [5.74, 6) is 0.223. The maximum absolute atomic E-state index is 9.78. The first-order valence-corrected chi connectivity index (χ1v) is 11.7. The zero-order valence-corrected chi connectivity index (χ0v) is 19.1. The van der Waals surface area contributed by atoms with Crippen molar-refractivity contribution < 1.29 is 24.0 Å². The van der Waals surface area contributed by atoms with Gasteiger partial charge in [-0.2, -0.15) is 5.26 Å². The van der Waals surface area contributed by atoms with Gasteiger partial charge in [-0.1, -0.05) is 41.9 Å². The molecule has 9 atom stereocenters. The fraction of sp³-hybridized carbons (Fsp3) is 0.696. The molecule has 0 N–H and O–H groups in total. The smallest absolute Gasteiger partial charge is 0.201 e. The van der Waals surface area contributed by atoms with E-state index in [-0.39, 0.29) is 11.8 Å². The standard InChI is InChI=1S/C23H28BrNO5/c1-13-4-9-18-14(2)20(26-19(12-25)15-5-7-16(24)8-6-15)27-21-23(18)17(13)10-11-22(3,28-21)29-30-23/h5-8,13-14,17-21H,4,9-11H2,1-3H3/t13-,14-,17?,18?,19+,20+,21-,22+,23-/m1/s1. The number of hydrogen-bond acceptors (Lipinski definition) is 6. The van der Waals surface area contributed by atoms with E-state index < -0.39 is 30.1 Å². The third kappa shape index (κ3) is 3.16. The second-order valence-electron chi connectivity index (χ2n) is 9.47. The SMILES string of the molecule is C[C@@H]1CCC2[C@@H](C)[C@@H](O[C@@H](C#N)c3ccc(Br)cc3)O[C@@H]3O[C@]4(C)CCC1[C@@]23OO4. The Bertz CT molecular complexity index is 843. The highest BCUT2D eigenvalue weighted by atomic mass is 79.9. The molecule has 2 bridgehead atoms. The van der Waals surface area contributed by atoms with E-state index in [9.17, 15) is 5.26 Å². The lowest BCUT2D eigenvalue weighted by Gasteiger charge is -2.60. The van der Waals surface area contributed by atoms with Crippen LogP contribution in [0.1, 0.15) is 58.1 Å². The largest absolute Gasteiger partial charge is 0.329 e. The van der Waals surface area contributed by atoms with Crippen LogP contribution in [0, 0.1) is 35.0 Å². The first kappa shape index (κ1) is 20.9. The molecule has 162 valence electrons. The predicted molar refractivity (Wildman–Crippen MR) is 110 cm³/mol. The molecule has 4 aliphatic heterocycles. The second kappa shape index (κ2) is 7.54. The third-order valence-corrected chi connectivity index (χ3v) is 8.19. The van der Waals surface area contributed by atoms with Crippen molar-refractivity contribution in [1.29, 1.82) is 5.26 Å². The van der Waals surface area contributed by atoms with Crippen LogP contribution in [-0.2, 0) is 24.0 Å². The molecule has 2 unspecified atom stereocenters. The summed E-state index contributed by atoms with van der Waals surface area (Å²) in [6.07, 6.45) is 2.06. The van der Waals surface area contributed by atoms with Gasteiger partial charge in [0.1, 0.15) is 0 Å². The van der Waals surface area contributed by atoms with Crippen LogP contribution >= 0.6 is 15.9 Å². The number of nitriles is 1. The Morgan fingerprint density at radius 1 is 1.13 bits per heavy atom. The monoisotopic (exact) mass is 477 g/mol. The molecule has 1 saturated carbocycles. The molecular weight excluding hydrogens is 450 g/mol. The lowest BCUT2D eigenvalue weighted by atomic mass is 9.58. The van der Waals surface area contributed by atoms with Crippen molar-refractivity contribution in [2.45, 2.75) is 76.5 Å². The van der Waals surface area contributed by atoms with E-state index in [1.807, 2.05) is 31.2 Å². The van der Waals surface area contributed by atoms with Crippen LogP contribution in [0.15, 0.2) is 28.7 Å². The fourth-order valence-electron chi connectivity index (χ4n) is 5.98. The number of halogens is 1. The van der Waals surface area contributed by atoms with Gasteiger partial charge >= 0.3 is 0 Å².